The van der Waals surface area contributed by atoms with Crippen molar-refractivity contribution in [2.75, 3.05) is 6.61 Å². The monoisotopic (exact) mass is 363 g/mol. The van der Waals surface area contributed by atoms with Crippen LogP contribution in [0.1, 0.15) is 48.4 Å². The molecule has 0 saturated heterocycles. The van der Waals surface area contributed by atoms with Crippen LogP contribution in [0.2, 0.25) is 0 Å². The summed E-state index contributed by atoms with van der Waals surface area (Å²) in [5.41, 5.74) is 3.46. The molecule has 1 unspecified atom stereocenters. The van der Waals surface area contributed by atoms with Crippen molar-refractivity contribution in [3.05, 3.63) is 77.6 Å². The molecule has 1 amide bonds. The number of nitrogens with one attached hydrogen (secondary N) is 1. The second-order valence-electron chi connectivity index (χ2n) is 6.31. The Bertz CT molecular complexity index is 903. The van der Waals surface area contributed by atoms with Crippen molar-refractivity contribution in [1.82, 2.24) is 15.1 Å². The van der Waals surface area contributed by atoms with Crippen LogP contribution in [0.4, 0.5) is 0 Å². The van der Waals surface area contributed by atoms with E-state index in [2.05, 4.69) is 10.4 Å². The molecule has 140 valence electrons. The van der Waals surface area contributed by atoms with E-state index in [4.69, 9.17) is 4.74 Å². The van der Waals surface area contributed by atoms with Gasteiger partial charge in [0.15, 0.2) is 0 Å². The SMILES string of the molecule is CCOc1cccc(C(C)NC(=O)c2cnn(-c3ccccc3)c2CC)c1. The van der Waals surface area contributed by atoms with Crippen LogP contribution in [-0.2, 0) is 6.42 Å². The van der Waals surface area contributed by atoms with Crippen LogP contribution in [0.25, 0.3) is 5.69 Å². The molecular formula is C22H25N3O2. The Hall–Kier alpha value is -3.08. The van der Waals surface area contributed by atoms with Gasteiger partial charge in [0.2, 0.25) is 0 Å². The Morgan fingerprint density at radius 1 is 1.15 bits per heavy atom. The summed E-state index contributed by atoms with van der Waals surface area (Å²) < 4.78 is 7.38. The largest absolute Gasteiger partial charge is 0.494 e. The van der Waals surface area contributed by atoms with Crippen LogP contribution >= 0.6 is 0 Å². The van der Waals surface area contributed by atoms with Crippen molar-refractivity contribution >= 4 is 5.91 Å². The van der Waals surface area contributed by atoms with E-state index in [1.165, 1.54) is 0 Å². The van der Waals surface area contributed by atoms with E-state index in [1.54, 1.807) is 6.20 Å². The number of carbonyl (C=O) groups is 1. The van der Waals surface area contributed by atoms with Crippen LogP contribution in [-0.4, -0.2) is 22.3 Å². The van der Waals surface area contributed by atoms with Gasteiger partial charge >= 0.3 is 0 Å². The Kier molecular flexibility index (Phi) is 5.91. The number of nitrogens with zero attached hydrogens (tertiary/aromatic N) is 2. The molecule has 3 aromatic rings. The van der Waals surface area contributed by atoms with E-state index >= 15 is 0 Å². The number of rotatable bonds is 7. The first kappa shape index (κ1) is 18.7. The van der Waals surface area contributed by atoms with Crippen molar-refractivity contribution < 1.29 is 9.53 Å². The fraction of sp³-hybridized carbons (Fsp3) is 0.273. The minimum Gasteiger partial charge on any atom is -0.494 e. The Balaban J connectivity index is 1.80. The zero-order valence-corrected chi connectivity index (χ0v) is 16.0. The van der Waals surface area contributed by atoms with Gasteiger partial charge in [-0.15, -0.1) is 0 Å². The van der Waals surface area contributed by atoms with Crippen molar-refractivity contribution in [2.24, 2.45) is 0 Å². The van der Waals surface area contributed by atoms with Crippen LogP contribution in [0.3, 0.4) is 0 Å². The topological polar surface area (TPSA) is 56.1 Å². The quantitative estimate of drug-likeness (QED) is 0.680. The van der Waals surface area contributed by atoms with Gasteiger partial charge in [0.25, 0.3) is 5.91 Å². The Morgan fingerprint density at radius 2 is 1.93 bits per heavy atom. The minimum atomic E-state index is -0.136. The van der Waals surface area contributed by atoms with Gasteiger partial charge < -0.3 is 10.1 Å². The lowest BCUT2D eigenvalue weighted by Crippen LogP contribution is -2.27. The number of aromatic nitrogens is 2. The highest BCUT2D eigenvalue weighted by molar-refractivity contribution is 5.95. The number of benzene rings is 2. The fourth-order valence-electron chi connectivity index (χ4n) is 3.09. The molecule has 0 saturated carbocycles. The van der Waals surface area contributed by atoms with Gasteiger partial charge in [-0.1, -0.05) is 37.3 Å². The van der Waals surface area contributed by atoms with Crippen LogP contribution in [0.5, 0.6) is 5.75 Å². The van der Waals surface area contributed by atoms with Crippen molar-refractivity contribution in [2.45, 2.75) is 33.2 Å². The average Bonchev–Trinajstić information content (AvgIpc) is 3.13. The van der Waals surface area contributed by atoms with Gasteiger partial charge in [-0.05, 0) is 50.1 Å². The number of amides is 1. The number of hydrogen-bond acceptors (Lipinski definition) is 3. The third-order valence-electron chi connectivity index (χ3n) is 4.47. The molecule has 0 aliphatic rings. The smallest absolute Gasteiger partial charge is 0.255 e. The van der Waals surface area contributed by atoms with E-state index in [1.807, 2.05) is 80.1 Å². The predicted octanol–water partition coefficient (Wildman–Crippen LogP) is 4.32. The van der Waals surface area contributed by atoms with Gasteiger partial charge in [-0.2, -0.15) is 5.10 Å². The molecule has 1 N–H and O–H groups in total. The molecule has 5 nitrogen and oxygen atoms in total. The highest BCUT2D eigenvalue weighted by atomic mass is 16.5. The molecule has 1 atom stereocenters. The zero-order valence-electron chi connectivity index (χ0n) is 16.0. The van der Waals surface area contributed by atoms with E-state index < -0.39 is 0 Å². The van der Waals surface area contributed by atoms with E-state index in [9.17, 15) is 4.79 Å². The standard InChI is InChI=1S/C22H25N3O2/c1-4-21-20(15-23-25(21)18-11-7-6-8-12-18)22(26)24-16(3)17-10-9-13-19(14-17)27-5-2/h6-16H,4-5H2,1-3H3,(H,24,26). The summed E-state index contributed by atoms with van der Waals surface area (Å²) in [4.78, 5) is 12.9. The second-order valence-corrected chi connectivity index (χ2v) is 6.31. The molecule has 5 heteroatoms. The van der Waals surface area contributed by atoms with Crippen LogP contribution in [0.15, 0.2) is 60.8 Å². The second kappa shape index (κ2) is 8.54. The van der Waals surface area contributed by atoms with Crippen molar-refractivity contribution in [1.29, 1.82) is 0 Å². The lowest BCUT2D eigenvalue weighted by atomic mass is 10.1. The summed E-state index contributed by atoms with van der Waals surface area (Å²) in [6.07, 6.45) is 2.36. The molecular weight excluding hydrogens is 338 g/mol. The Morgan fingerprint density at radius 3 is 2.63 bits per heavy atom. The summed E-state index contributed by atoms with van der Waals surface area (Å²) in [7, 11) is 0. The number of carbonyl (C=O) groups excluding carboxylic acids is 1. The molecule has 2 aromatic carbocycles. The molecule has 0 spiro atoms. The molecule has 1 aromatic heterocycles. The molecule has 0 bridgehead atoms. The first-order chi connectivity index (χ1) is 13.1. The molecule has 0 fully saturated rings. The van der Waals surface area contributed by atoms with Gasteiger partial charge in [-0.3, -0.25) is 4.79 Å². The summed E-state index contributed by atoms with van der Waals surface area (Å²) in [6.45, 7) is 6.57. The minimum absolute atomic E-state index is 0.122. The maximum Gasteiger partial charge on any atom is 0.255 e. The normalized spacial score (nSPS) is 11.8. The number of para-hydroxylation sites is 1. The summed E-state index contributed by atoms with van der Waals surface area (Å²) >= 11 is 0. The van der Waals surface area contributed by atoms with Gasteiger partial charge in [-0.25, -0.2) is 4.68 Å². The molecule has 3 rings (SSSR count). The predicted molar refractivity (Wildman–Crippen MR) is 106 cm³/mol. The zero-order chi connectivity index (χ0) is 19.2. The fourth-order valence-corrected chi connectivity index (χ4v) is 3.09. The maximum atomic E-state index is 12.9. The lowest BCUT2D eigenvalue weighted by Gasteiger charge is -2.16. The molecule has 1 heterocycles. The summed E-state index contributed by atoms with van der Waals surface area (Å²) in [6, 6.07) is 17.5. The molecule has 0 radical (unpaired) electrons. The van der Waals surface area contributed by atoms with Gasteiger partial charge in [0, 0.05) is 0 Å². The van der Waals surface area contributed by atoms with Crippen molar-refractivity contribution in [3.63, 3.8) is 0 Å². The van der Waals surface area contributed by atoms with Gasteiger partial charge in [0.05, 0.1) is 35.8 Å². The summed E-state index contributed by atoms with van der Waals surface area (Å²) in [5.74, 6) is 0.686. The maximum absolute atomic E-state index is 12.9. The van der Waals surface area contributed by atoms with Crippen molar-refractivity contribution in [3.8, 4) is 11.4 Å². The first-order valence-corrected chi connectivity index (χ1v) is 9.30. The average molecular weight is 363 g/mol. The van der Waals surface area contributed by atoms with E-state index in [0.717, 1.165) is 22.7 Å². The third kappa shape index (κ3) is 4.19. The first-order valence-electron chi connectivity index (χ1n) is 9.30. The van der Waals surface area contributed by atoms with Crippen LogP contribution in [0, 0.1) is 0 Å². The molecule has 0 aliphatic heterocycles. The lowest BCUT2D eigenvalue weighted by molar-refractivity contribution is 0.0939. The molecule has 0 aliphatic carbocycles. The number of ether oxygens (including phenoxy) is 1. The number of hydrogen-bond donors (Lipinski definition) is 1. The van der Waals surface area contributed by atoms with E-state index in [-0.39, 0.29) is 11.9 Å². The van der Waals surface area contributed by atoms with Crippen LogP contribution < -0.4 is 10.1 Å². The Labute approximate surface area is 160 Å². The highest BCUT2D eigenvalue weighted by Crippen LogP contribution is 2.21. The van der Waals surface area contributed by atoms with Gasteiger partial charge in [0.1, 0.15) is 5.75 Å². The van der Waals surface area contributed by atoms with E-state index in [0.29, 0.717) is 18.6 Å². The highest BCUT2D eigenvalue weighted by Gasteiger charge is 2.19. The summed E-state index contributed by atoms with van der Waals surface area (Å²) in [5, 5.41) is 7.51. The molecule has 27 heavy (non-hydrogen) atoms. The third-order valence-corrected chi connectivity index (χ3v) is 4.47.